The summed E-state index contributed by atoms with van der Waals surface area (Å²) in [5.74, 6) is 0.615. The van der Waals surface area contributed by atoms with E-state index >= 15 is 0 Å². The van der Waals surface area contributed by atoms with Crippen LogP contribution in [0.1, 0.15) is 16.2 Å². The zero-order chi connectivity index (χ0) is 16.5. The molecule has 3 aromatic rings. The van der Waals surface area contributed by atoms with Gasteiger partial charge >= 0.3 is 0 Å². The fraction of sp³-hybridized carbons (Fsp3) is 0.312. The summed E-state index contributed by atoms with van der Waals surface area (Å²) >= 11 is 1.65. The van der Waals surface area contributed by atoms with Gasteiger partial charge < -0.3 is 14.2 Å². The number of aryl methyl sites for hydroxylation is 1. The van der Waals surface area contributed by atoms with Crippen LogP contribution in [0.15, 0.2) is 34.3 Å². The monoisotopic (exact) mass is 343 g/mol. The number of H-pyrrole nitrogens is 1. The highest BCUT2D eigenvalue weighted by Gasteiger charge is 2.25. The van der Waals surface area contributed by atoms with E-state index in [1.807, 2.05) is 23.3 Å². The molecule has 1 saturated heterocycles. The lowest BCUT2D eigenvalue weighted by molar-refractivity contribution is 0.0741. The van der Waals surface area contributed by atoms with E-state index < -0.39 is 0 Å². The number of nitrogens with one attached hydrogen (secondary N) is 1. The zero-order valence-corrected chi connectivity index (χ0v) is 14.0. The van der Waals surface area contributed by atoms with E-state index in [1.165, 1.54) is 0 Å². The summed E-state index contributed by atoms with van der Waals surface area (Å²) in [6.45, 7) is 4.90. The smallest absolute Gasteiger partial charge is 0.274 e. The SMILES string of the molecule is Cc1csc(N2CCN(C(=O)c3cc(-c4ccco4)[nH]n3)CC2)n1. The Morgan fingerprint density at radius 2 is 2.17 bits per heavy atom. The van der Waals surface area contributed by atoms with Crippen LogP contribution in [-0.2, 0) is 0 Å². The molecule has 1 amide bonds. The van der Waals surface area contributed by atoms with Gasteiger partial charge in [-0.25, -0.2) is 4.98 Å². The first-order valence-corrected chi connectivity index (χ1v) is 8.64. The van der Waals surface area contributed by atoms with Gasteiger partial charge in [-0.15, -0.1) is 11.3 Å². The first-order chi connectivity index (χ1) is 11.7. The molecular formula is C16H17N5O2S. The number of aromatic nitrogens is 3. The van der Waals surface area contributed by atoms with E-state index in [0.29, 0.717) is 30.2 Å². The molecule has 4 rings (SSSR count). The van der Waals surface area contributed by atoms with Gasteiger partial charge in [0.25, 0.3) is 5.91 Å². The number of aromatic amines is 1. The second kappa shape index (κ2) is 6.12. The van der Waals surface area contributed by atoms with E-state index in [4.69, 9.17) is 4.42 Å². The highest BCUT2D eigenvalue weighted by molar-refractivity contribution is 7.13. The van der Waals surface area contributed by atoms with Crippen LogP contribution in [0.3, 0.4) is 0 Å². The number of furan rings is 1. The van der Waals surface area contributed by atoms with Crippen molar-refractivity contribution in [3.8, 4) is 11.5 Å². The van der Waals surface area contributed by atoms with Gasteiger partial charge in [0.1, 0.15) is 5.69 Å². The predicted octanol–water partition coefficient (Wildman–Crippen LogP) is 2.40. The van der Waals surface area contributed by atoms with Gasteiger partial charge in [0, 0.05) is 37.6 Å². The largest absolute Gasteiger partial charge is 0.463 e. The van der Waals surface area contributed by atoms with E-state index in [2.05, 4.69) is 20.1 Å². The zero-order valence-electron chi connectivity index (χ0n) is 13.2. The van der Waals surface area contributed by atoms with Crippen LogP contribution in [0.2, 0.25) is 0 Å². The molecule has 1 N–H and O–H groups in total. The number of thiazole rings is 1. The van der Waals surface area contributed by atoms with Gasteiger partial charge in [-0.1, -0.05) is 0 Å². The number of carbonyl (C=O) groups excluding carboxylic acids is 1. The first-order valence-electron chi connectivity index (χ1n) is 7.76. The number of amides is 1. The molecule has 1 aliphatic rings. The molecule has 1 fully saturated rings. The van der Waals surface area contributed by atoms with Crippen molar-refractivity contribution in [3.63, 3.8) is 0 Å². The lowest BCUT2D eigenvalue weighted by Gasteiger charge is -2.34. The Kier molecular flexibility index (Phi) is 3.81. The van der Waals surface area contributed by atoms with Crippen molar-refractivity contribution in [1.82, 2.24) is 20.1 Å². The van der Waals surface area contributed by atoms with Gasteiger partial charge in [-0.05, 0) is 19.1 Å². The minimum Gasteiger partial charge on any atom is -0.463 e. The first kappa shape index (κ1) is 14.9. The second-order valence-corrected chi connectivity index (χ2v) is 6.53. The predicted molar refractivity (Wildman–Crippen MR) is 91.3 cm³/mol. The van der Waals surface area contributed by atoms with Crippen LogP contribution in [-0.4, -0.2) is 52.2 Å². The molecule has 1 aliphatic heterocycles. The standard InChI is InChI=1S/C16H17N5O2S/c1-11-10-24-16(17-11)21-6-4-20(5-7-21)15(22)13-9-12(18-19-13)14-3-2-8-23-14/h2-3,8-10H,4-7H2,1H3,(H,18,19). The topological polar surface area (TPSA) is 78.3 Å². The average Bonchev–Trinajstić information content (AvgIpc) is 3.35. The maximum Gasteiger partial charge on any atom is 0.274 e. The van der Waals surface area contributed by atoms with E-state index in [1.54, 1.807) is 29.7 Å². The van der Waals surface area contributed by atoms with Gasteiger partial charge in [-0.2, -0.15) is 5.10 Å². The van der Waals surface area contributed by atoms with Crippen LogP contribution in [0.25, 0.3) is 11.5 Å². The van der Waals surface area contributed by atoms with Gasteiger partial charge in [0.05, 0.1) is 12.0 Å². The molecule has 0 spiro atoms. The Morgan fingerprint density at radius 1 is 1.33 bits per heavy atom. The summed E-state index contributed by atoms with van der Waals surface area (Å²) in [4.78, 5) is 21.2. The highest BCUT2D eigenvalue weighted by atomic mass is 32.1. The third kappa shape index (κ3) is 2.80. The summed E-state index contributed by atoms with van der Waals surface area (Å²) in [6, 6.07) is 5.37. The summed E-state index contributed by atoms with van der Waals surface area (Å²) in [5, 5.41) is 10.1. The molecule has 24 heavy (non-hydrogen) atoms. The summed E-state index contributed by atoms with van der Waals surface area (Å²) < 4.78 is 5.31. The van der Waals surface area contributed by atoms with Gasteiger partial charge in [-0.3, -0.25) is 9.89 Å². The van der Waals surface area contributed by atoms with E-state index in [0.717, 1.165) is 23.9 Å². The number of anilines is 1. The average molecular weight is 343 g/mol. The molecule has 7 nitrogen and oxygen atoms in total. The Balaban J connectivity index is 1.41. The number of piperazine rings is 1. The van der Waals surface area contributed by atoms with Crippen LogP contribution in [0.4, 0.5) is 5.13 Å². The van der Waals surface area contributed by atoms with Crippen molar-refractivity contribution in [2.75, 3.05) is 31.1 Å². The fourth-order valence-electron chi connectivity index (χ4n) is 2.74. The second-order valence-electron chi connectivity index (χ2n) is 5.69. The summed E-state index contributed by atoms with van der Waals surface area (Å²) in [5.41, 5.74) is 2.16. The minimum atomic E-state index is -0.0565. The number of carbonyl (C=O) groups is 1. The molecule has 0 unspecified atom stereocenters. The lowest BCUT2D eigenvalue weighted by Crippen LogP contribution is -2.48. The lowest BCUT2D eigenvalue weighted by atomic mass is 10.2. The van der Waals surface area contributed by atoms with Crippen LogP contribution in [0, 0.1) is 6.92 Å². The number of nitrogens with zero attached hydrogens (tertiary/aromatic N) is 4. The molecule has 124 valence electrons. The molecule has 0 saturated carbocycles. The van der Waals surface area contributed by atoms with Gasteiger partial charge in [0.2, 0.25) is 0 Å². The van der Waals surface area contributed by atoms with Crippen LogP contribution >= 0.6 is 11.3 Å². The molecule has 0 aromatic carbocycles. The highest BCUT2D eigenvalue weighted by Crippen LogP contribution is 2.22. The Morgan fingerprint density at radius 3 is 2.83 bits per heavy atom. The van der Waals surface area contributed by atoms with Crippen molar-refractivity contribution in [3.05, 3.63) is 41.2 Å². The Hall–Kier alpha value is -2.61. The molecular weight excluding hydrogens is 326 g/mol. The van der Waals surface area contributed by atoms with E-state index in [-0.39, 0.29) is 5.91 Å². The normalized spacial score (nSPS) is 15.0. The quantitative estimate of drug-likeness (QED) is 0.790. The molecule has 3 aromatic heterocycles. The summed E-state index contributed by atoms with van der Waals surface area (Å²) in [6.07, 6.45) is 1.59. The van der Waals surface area contributed by atoms with Crippen LogP contribution < -0.4 is 4.90 Å². The molecule has 4 heterocycles. The van der Waals surface area contributed by atoms with E-state index in [9.17, 15) is 4.79 Å². The third-order valence-corrected chi connectivity index (χ3v) is 5.05. The third-order valence-electron chi connectivity index (χ3n) is 4.03. The fourth-order valence-corrected chi connectivity index (χ4v) is 3.60. The number of rotatable bonds is 3. The van der Waals surface area contributed by atoms with Crippen molar-refractivity contribution < 1.29 is 9.21 Å². The molecule has 0 aliphatic carbocycles. The molecule has 8 heteroatoms. The molecule has 0 radical (unpaired) electrons. The van der Waals surface area contributed by atoms with Crippen molar-refractivity contribution in [2.45, 2.75) is 6.92 Å². The number of hydrogen-bond donors (Lipinski definition) is 1. The summed E-state index contributed by atoms with van der Waals surface area (Å²) in [7, 11) is 0. The van der Waals surface area contributed by atoms with Crippen molar-refractivity contribution >= 4 is 22.4 Å². The van der Waals surface area contributed by atoms with Gasteiger partial charge in [0.15, 0.2) is 16.6 Å². The maximum atomic E-state index is 12.6. The molecule has 0 atom stereocenters. The minimum absolute atomic E-state index is 0.0565. The Bertz CT molecular complexity index is 830. The van der Waals surface area contributed by atoms with Crippen LogP contribution in [0.5, 0.6) is 0 Å². The molecule has 0 bridgehead atoms. The Labute approximate surface area is 142 Å². The van der Waals surface area contributed by atoms with Crippen molar-refractivity contribution in [2.24, 2.45) is 0 Å². The number of hydrogen-bond acceptors (Lipinski definition) is 6. The maximum absolute atomic E-state index is 12.6. The van der Waals surface area contributed by atoms with Crippen molar-refractivity contribution in [1.29, 1.82) is 0 Å².